The first-order valence-electron chi connectivity index (χ1n) is 6.53. The van der Waals surface area contributed by atoms with Gasteiger partial charge in [-0.05, 0) is 12.5 Å². The van der Waals surface area contributed by atoms with Crippen LogP contribution in [0.15, 0.2) is 12.1 Å². The number of benzene rings is 1. The molecule has 0 aliphatic rings. The molecule has 0 unspecified atom stereocenters. The highest BCUT2D eigenvalue weighted by Gasteiger charge is 2.08. The van der Waals surface area contributed by atoms with Gasteiger partial charge >= 0.3 is 0 Å². The second kappa shape index (κ2) is 8.30. The molecule has 18 heavy (non-hydrogen) atoms. The van der Waals surface area contributed by atoms with E-state index in [0.29, 0.717) is 6.54 Å². The van der Waals surface area contributed by atoms with Gasteiger partial charge in [0.25, 0.3) is 0 Å². The lowest BCUT2D eigenvalue weighted by atomic mass is 10.1. The summed E-state index contributed by atoms with van der Waals surface area (Å²) in [6.45, 7) is 2.84. The summed E-state index contributed by atoms with van der Waals surface area (Å²) in [6.07, 6.45) is 7.04. The maximum atomic E-state index is 13.4. The maximum Gasteiger partial charge on any atom is 0.150 e. The van der Waals surface area contributed by atoms with Crippen molar-refractivity contribution in [1.29, 1.82) is 0 Å². The Hall–Kier alpha value is -0.830. The molecule has 0 amide bonds. The largest absolute Gasteiger partial charge is 0.381 e. The molecule has 0 aliphatic heterocycles. The minimum Gasteiger partial charge on any atom is -0.381 e. The number of unbranched alkanes of at least 4 members (excludes halogenated alkanes) is 5. The van der Waals surface area contributed by atoms with E-state index in [4.69, 9.17) is 11.6 Å². The average Bonchev–Trinajstić information content (AvgIpc) is 2.30. The van der Waals surface area contributed by atoms with Crippen LogP contribution in [-0.4, -0.2) is 6.54 Å². The van der Waals surface area contributed by atoms with Gasteiger partial charge in [-0.3, -0.25) is 0 Å². The van der Waals surface area contributed by atoms with E-state index < -0.39 is 11.6 Å². The number of halogens is 3. The van der Waals surface area contributed by atoms with E-state index in [-0.39, 0.29) is 10.7 Å². The monoisotopic (exact) mass is 275 g/mol. The summed E-state index contributed by atoms with van der Waals surface area (Å²) in [5, 5.41) is 3.02. The molecule has 0 heterocycles. The molecule has 1 aromatic rings. The van der Waals surface area contributed by atoms with Crippen molar-refractivity contribution in [3.05, 3.63) is 28.8 Å². The normalized spacial score (nSPS) is 10.7. The molecule has 102 valence electrons. The molecule has 1 N–H and O–H groups in total. The average molecular weight is 276 g/mol. The molecule has 0 aliphatic carbocycles. The lowest BCUT2D eigenvalue weighted by molar-refractivity contribution is 0.583. The van der Waals surface area contributed by atoms with Gasteiger partial charge in [0.05, 0.1) is 10.7 Å². The predicted octanol–water partition coefficient (Wildman–Crippen LogP) is 5.39. The van der Waals surface area contributed by atoms with Crippen molar-refractivity contribution in [2.45, 2.75) is 45.4 Å². The van der Waals surface area contributed by atoms with E-state index >= 15 is 0 Å². The Kier molecular flexibility index (Phi) is 7.02. The zero-order valence-electron chi connectivity index (χ0n) is 10.7. The zero-order chi connectivity index (χ0) is 13.4. The molecule has 0 saturated carbocycles. The highest BCUT2D eigenvalue weighted by molar-refractivity contribution is 6.33. The number of hydrogen-bond acceptors (Lipinski definition) is 1. The number of rotatable bonds is 8. The van der Waals surface area contributed by atoms with Crippen molar-refractivity contribution in [2.24, 2.45) is 0 Å². The van der Waals surface area contributed by atoms with E-state index in [1.54, 1.807) is 0 Å². The first kappa shape index (κ1) is 15.2. The van der Waals surface area contributed by atoms with Crippen molar-refractivity contribution in [3.8, 4) is 0 Å². The van der Waals surface area contributed by atoms with Crippen LogP contribution in [0.4, 0.5) is 14.5 Å². The topological polar surface area (TPSA) is 12.0 Å². The Morgan fingerprint density at radius 1 is 1.06 bits per heavy atom. The first-order valence-corrected chi connectivity index (χ1v) is 6.91. The summed E-state index contributed by atoms with van der Waals surface area (Å²) >= 11 is 5.77. The van der Waals surface area contributed by atoms with Crippen molar-refractivity contribution in [3.63, 3.8) is 0 Å². The minimum atomic E-state index is -0.650. The Balaban J connectivity index is 2.27. The second-order valence-electron chi connectivity index (χ2n) is 4.44. The number of anilines is 1. The number of nitrogens with one attached hydrogen (secondary N) is 1. The Morgan fingerprint density at radius 2 is 1.72 bits per heavy atom. The molecule has 1 rings (SSSR count). The van der Waals surface area contributed by atoms with Gasteiger partial charge in [-0.25, -0.2) is 8.78 Å². The van der Waals surface area contributed by atoms with Crippen LogP contribution in [0.2, 0.25) is 5.02 Å². The van der Waals surface area contributed by atoms with Gasteiger partial charge in [-0.15, -0.1) is 0 Å². The van der Waals surface area contributed by atoms with Crippen LogP contribution in [0, 0.1) is 11.6 Å². The summed E-state index contributed by atoms with van der Waals surface area (Å²) in [5.41, 5.74) is 0.201. The predicted molar refractivity (Wildman–Crippen MR) is 73.2 cm³/mol. The summed E-state index contributed by atoms with van der Waals surface area (Å²) in [5.74, 6) is -1.28. The zero-order valence-corrected chi connectivity index (χ0v) is 11.5. The lowest BCUT2D eigenvalue weighted by Gasteiger charge is -2.09. The molecule has 0 bridgehead atoms. The van der Waals surface area contributed by atoms with E-state index in [2.05, 4.69) is 12.2 Å². The molecule has 1 nitrogen and oxygen atoms in total. The molecule has 1 aromatic carbocycles. The quantitative estimate of drug-likeness (QED) is 0.627. The van der Waals surface area contributed by atoms with E-state index in [9.17, 15) is 8.78 Å². The Bertz CT molecular complexity index is 346. The minimum absolute atomic E-state index is 0.0958. The van der Waals surface area contributed by atoms with Crippen LogP contribution in [0.3, 0.4) is 0 Å². The van der Waals surface area contributed by atoms with Gasteiger partial charge in [-0.1, -0.05) is 50.6 Å². The fraction of sp³-hybridized carbons (Fsp3) is 0.571. The molecule has 0 saturated heterocycles. The summed E-state index contributed by atoms with van der Waals surface area (Å²) in [4.78, 5) is 0. The Labute approximate surface area is 113 Å². The van der Waals surface area contributed by atoms with Gasteiger partial charge in [0.2, 0.25) is 0 Å². The van der Waals surface area contributed by atoms with Gasteiger partial charge in [0.1, 0.15) is 5.82 Å². The molecule has 0 atom stereocenters. The van der Waals surface area contributed by atoms with Crippen molar-refractivity contribution in [2.75, 3.05) is 11.9 Å². The third-order valence-corrected chi connectivity index (χ3v) is 3.14. The van der Waals surface area contributed by atoms with Crippen LogP contribution >= 0.6 is 11.6 Å². The fourth-order valence-electron chi connectivity index (χ4n) is 1.83. The molecule has 0 radical (unpaired) electrons. The van der Waals surface area contributed by atoms with Crippen molar-refractivity contribution in [1.82, 2.24) is 0 Å². The fourth-order valence-corrected chi connectivity index (χ4v) is 2.09. The molecule has 0 spiro atoms. The standard InChI is InChI=1S/C14H20ClF2N/c1-2-3-4-5-6-7-8-18-14-12(15)9-11(16)10-13(14)17/h9-10,18H,2-8H2,1H3. The summed E-state index contributed by atoms with van der Waals surface area (Å²) in [7, 11) is 0. The van der Waals surface area contributed by atoms with Crippen LogP contribution < -0.4 is 5.32 Å². The first-order chi connectivity index (χ1) is 8.65. The van der Waals surface area contributed by atoms with Gasteiger partial charge in [0, 0.05) is 12.6 Å². The second-order valence-corrected chi connectivity index (χ2v) is 4.85. The highest BCUT2D eigenvalue weighted by atomic mass is 35.5. The SMILES string of the molecule is CCCCCCCCNc1c(F)cc(F)cc1Cl. The highest BCUT2D eigenvalue weighted by Crippen LogP contribution is 2.26. The number of hydrogen-bond donors (Lipinski definition) is 1. The summed E-state index contributed by atoms with van der Waals surface area (Å²) in [6, 6.07) is 1.96. The van der Waals surface area contributed by atoms with E-state index in [1.807, 2.05) is 0 Å². The molecular weight excluding hydrogens is 256 g/mol. The third kappa shape index (κ3) is 5.21. The maximum absolute atomic E-state index is 13.4. The van der Waals surface area contributed by atoms with Gasteiger partial charge in [-0.2, -0.15) is 0 Å². The Morgan fingerprint density at radius 3 is 2.39 bits per heavy atom. The molecular formula is C14H20ClF2N. The van der Waals surface area contributed by atoms with Gasteiger partial charge < -0.3 is 5.32 Å². The van der Waals surface area contributed by atoms with Crippen LogP contribution in [0.25, 0.3) is 0 Å². The van der Waals surface area contributed by atoms with E-state index in [1.165, 1.54) is 25.7 Å². The third-order valence-electron chi connectivity index (χ3n) is 2.84. The smallest absolute Gasteiger partial charge is 0.150 e. The van der Waals surface area contributed by atoms with Gasteiger partial charge in [0.15, 0.2) is 5.82 Å². The van der Waals surface area contributed by atoms with Crippen molar-refractivity contribution >= 4 is 17.3 Å². The lowest BCUT2D eigenvalue weighted by Crippen LogP contribution is -2.04. The van der Waals surface area contributed by atoms with Crippen LogP contribution in [0.5, 0.6) is 0 Å². The molecule has 0 aromatic heterocycles. The molecule has 0 fully saturated rings. The van der Waals surface area contributed by atoms with Crippen molar-refractivity contribution < 1.29 is 8.78 Å². The van der Waals surface area contributed by atoms with E-state index in [0.717, 1.165) is 25.0 Å². The molecule has 4 heteroatoms. The van der Waals surface area contributed by atoms with Crippen LogP contribution in [-0.2, 0) is 0 Å². The summed E-state index contributed by atoms with van der Waals surface area (Å²) < 4.78 is 26.2. The van der Waals surface area contributed by atoms with Crippen LogP contribution in [0.1, 0.15) is 45.4 Å².